The van der Waals surface area contributed by atoms with E-state index in [2.05, 4.69) is 34.2 Å². The molecule has 0 saturated carbocycles. The third-order valence-corrected chi connectivity index (χ3v) is 3.88. The van der Waals surface area contributed by atoms with Crippen molar-refractivity contribution in [2.45, 2.75) is 19.5 Å². The molecule has 22 heavy (non-hydrogen) atoms. The van der Waals surface area contributed by atoms with Crippen LogP contribution in [0.2, 0.25) is 0 Å². The first-order valence-electron chi connectivity index (χ1n) is 7.53. The molecule has 0 aliphatic carbocycles. The molecule has 2 N–H and O–H groups in total. The van der Waals surface area contributed by atoms with Crippen LogP contribution in [0.4, 0.5) is 0 Å². The number of carboxylic acid groups (broad SMARTS) is 1. The number of amides is 1. The van der Waals surface area contributed by atoms with Crippen LogP contribution in [0.3, 0.4) is 0 Å². The lowest BCUT2D eigenvalue weighted by molar-refractivity contribution is -0.138. The first kappa shape index (κ1) is 16.5. The molecule has 120 valence electrons. The second kappa shape index (κ2) is 7.91. The van der Waals surface area contributed by atoms with Crippen molar-refractivity contribution >= 4 is 11.9 Å². The summed E-state index contributed by atoms with van der Waals surface area (Å²) in [7, 11) is 0. The molecule has 0 aromatic heterocycles. The Morgan fingerprint density at radius 3 is 2.64 bits per heavy atom. The lowest BCUT2D eigenvalue weighted by Gasteiger charge is -2.39. The summed E-state index contributed by atoms with van der Waals surface area (Å²) in [6.07, 6.45) is 0. The number of hydrogen-bond donors (Lipinski definition) is 2. The Labute approximate surface area is 130 Å². The van der Waals surface area contributed by atoms with Gasteiger partial charge in [0, 0.05) is 32.2 Å². The SMILES string of the molecule is C[C@@H]1CN(Cc2ccccc2)CCN1CC(=O)NCC(=O)O. The minimum Gasteiger partial charge on any atom is -0.480 e. The van der Waals surface area contributed by atoms with E-state index < -0.39 is 5.97 Å². The average molecular weight is 305 g/mol. The molecule has 6 heteroatoms. The van der Waals surface area contributed by atoms with E-state index in [0.29, 0.717) is 0 Å². The third-order valence-electron chi connectivity index (χ3n) is 3.88. The summed E-state index contributed by atoms with van der Waals surface area (Å²) in [6.45, 7) is 5.59. The fourth-order valence-corrected chi connectivity index (χ4v) is 2.71. The standard InChI is InChI=1S/C16H23N3O3/c1-13-10-18(11-14-5-3-2-4-6-14)7-8-19(13)12-15(20)17-9-16(21)22/h2-6,13H,7-12H2,1H3,(H,17,20)(H,21,22)/t13-/m1/s1. The Hall–Kier alpha value is -1.92. The van der Waals surface area contributed by atoms with E-state index in [1.54, 1.807) is 0 Å². The Kier molecular flexibility index (Phi) is 5.91. The zero-order valence-corrected chi connectivity index (χ0v) is 12.9. The number of carboxylic acids is 1. The summed E-state index contributed by atoms with van der Waals surface area (Å²) in [6, 6.07) is 10.6. The molecule has 1 aliphatic rings. The van der Waals surface area contributed by atoms with Crippen molar-refractivity contribution in [2.75, 3.05) is 32.7 Å². The number of carbonyl (C=O) groups is 2. The second-order valence-electron chi connectivity index (χ2n) is 5.71. The number of nitrogens with zero attached hydrogens (tertiary/aromatic N) is 2. The van der Waals surface area contributed by atoms with E-state index in [4.69, 9.17) is 5.11 Å². The highest BCUT2D eigenvalue weighted by Crippen LogP contribution is 2.12. The molecule has 2 rings (SSSR count). The zero-order chi connectivity index (χ0) is 15.9. The van der Waals surface area contributed by atoms with E-state index >= 15 is 0 Å². The number of aliphatic carboxylic acids is 1. The molecule has 1 atom stereocenters. The molecule has 1 aromatic rings. The quantitative estimate of drug-likeness (QED) is 0.795. The molecule has 1 amide bonds. The van der Waals surface area contributed by atoms with Crippen molar-refractivity contribution in [1.29, 1.82) is 0 Å². The first-order valence-corrected chi connectivity index (χ1v) is 7.53. The van der Waals surface area contributed by atoms with Crippen molar-refractivity contribution in [3.8, 4) is 0 Å². The molecule has 1 aromatic carbocycles. The highest BCUT2D eigenvalue weighted by molar-refractivity contribution is 5.82. The first-order chi connectivity index (χ1) is 10.5. The van der Waals surface area contributed by atoms with E-state index in [0.717, 1.165) is 26.2 Å². The molecule has 0 radical (unpaired) electrons. The summed E-state index contributed by atoms with van der Waals surface area (Å²) in [5.74, 6) is -1.25. The van der Waals surface area contributed by atoms with Crippen LogP contribution in [-0.2, 0) is 16.1 Å². The molecule has 0 bridgehead atoms. The third kappa shape index (κ3) is 5.13. The van der Waals surface area contributed by atoms with Gasteiger partial charge >= 0.3 is 5.97 Å². The van der Waals surface area contributed by atoms with Crippen molar-refractivity contribution in [2.24, 2.45) is 0 Å². The predicted octanol–water partition coefficient (Wildman–Crippen LogP) is 0.394. The van der Waals surface area contributed by atoms with Crippen molar-refractivity contribution in [3.05, 3.63) is 35.9 Å². The Morgan fingerprint density at radius 1 is 1.27 bits per heavy atom. The van der Waals surface area contributed by atoms with Crippen molar-refractivity contribution in [1.82, 2.24) is 15.1 Å². The minimum absolute atomic E-state index is 0.231. The Bertz CT molecular complexity index is 507. The molecule has 0 unspecified atom stereocenters. The van der Waals surface area contributed by atoms with Gasteiger partial charge in [-0.2, -0.15) is 0 Å². The predicted molar refractivity (Wildman–Crippen MR) is 83.4 cm³/mol. The maximum Gasteiger partial charge on any atom is 0.322 e. The maximum atomic E-state index is 11.7. The van der Waals surface area contributed by atoms with Gasteiger partial charge in [-0.05, 0) is 12.5 Å². The van der Waals surface area contributed by atoms with E-state index in [1.165, 1.54) is 5.56 Å². The summed E-state index contributed by atoms with van der Waals surface area (Å²) < 4.78 is 0. The zero-order valence-electron chi connectivity index (χ0n) is 12.9. The molecular weight excluding hydrogens is 282 g/mol. The maximum absolute atomic E-state index is 11.7. The average Bonchev–Trinajstić information content (AvgIpc) is 2.49. The Balaban J connectivity index is 1.77. The van der Waals surface area contributed by atoms with Crippen LogP contribution in [-0.4, -0.2) is 65.5 Å². The van der Waals surface area contributed by atoms with Gasteiger partial charge in [0.2, 0.25) is 5.91 Å². The Morgan fingerprint density at radius 2 is 2.00 bits per heavy atom. The lowest BCUT2D eigenvalue weighted by atomic mass is 10.1. The van der Waals surface area contributed by atoms with Gasteiger partial charge in [-0.25, -0.2) is 0 Å². The minimum atomic E-state index is -1.02. The number of benzene rings is 1. The van der Waals surface area contributed by atoms with Crippen LogP contribution in [0.15, 0.2) is 30.3 Å². The van der Waals surface area contributed by atoms with Gasteiger partial charge in [0.25, 0.3) is 0 Å². The van der Waals surface area contributed by atoms with Crippen molar-refractivity contribution in [3.63, 3.8) is 0 Å². The molecule has 0 spiro atoms. The number of nitrogens with one attached hydrogen (secondary N) is 1. The van der Waals surface area contributed by atoms with E-state index in [-0.39, 0.29) is 25.0 Å². The van der Waals surface area contributed by atoms with Crippen LogP contribution in [0.25, 0.3) is 0 Å². The highest BCUT2D eigenvalue weighted by Gasteiger charge is 2.25. The van der Waals surface area contributed by atoms with Gasteiger partial charge in [0.05, 0.1) is 6.54 Å². The molecule has 1 heterocycles. The highest BCUT2D eigenvalue weighted by atomic mass is 16.4. The smallest absolute Gasteiger partial charge is 0.322 e. The van der Waals surface area contributed by atoms with Crippen LogP contribution in [0, 0.1) is 0 Å². The van der Waals surface area contributed by atoms with E-state index in [9.17, 15) is 9.59 Å². The number of rotatable bonds is 6. The molecular formula is C16H23N3O3. The number of piperazine rings is 1. The number of carbonyl (C=O) groups excluding carboxylic acids is 1. The van der Waals surface area contributed by atoms with Crippen LogP contribution < -0.4 is 5.32 Å². The van der Waals surface area contributed by atoms with E-state index in [1.807, 2.05) is 18.2 Å². The molecule has 1 aliphatic heterocycles. The summed E-state index contributed by atoms with van der Waals surface area (Å²) in [5, 5.41) is 11.0. The van der Waals surface area contributed by atoms with Crippen LogP contribution >= 0.6 is 0 Å². The summed E-state index contributed by atoms with van der Waals surface area (Å²) in [5.41, 5.74) is 1.29. The largest absolute Gasteiger partial charge is 0.480 e. The van der Waals surface area contributed by atoms with Crippen molar-refractivity contribution < 1.29 is 14.7 Å². The van der Waals surface area contributed by atoms with Crippen LogP contribution in [0.5, 0.6) is 0 Å². The van der Waals surface area contributed by atoms with Gasteiger partial charge in [0.15, 0.2) is 0 Å². The summed E-state index contributed by atoms with van der Waals surface area (Å²) in [4.78, 5) is 26.6. The number of hydrogen-bond acceptors (Lipinski definition) is 4. The van der Waals surface area contributed by atoms with Gasteiger partial charge in [-0.3, -0.25) is 19.4 Å². The molecule has 1 saturated heterocycles. The second-order valence-corrected chi connectivity index (χ2v) is 5.71. The van der Waals surface area contributed by atoms with Crippen LogP contribution in [0.1, 0.15) is 12.5 Å². The fourth-order valence-electron chi connectivity index (χ4n) is 2.71. The monoisotopic (exact) mass is 305 g/mol. The topological polar surface area (TPSA) is 72.9 Å². The van der Waals surface area contributed by atoms with Gasteiger partial charge < -0.3 is 10.4 Å². The lowest BCUT2D eigenvalue weighted by Crippen LogP contribution is -2.54. The summed E-state index contributed by atoms with van der Waals surface area (Å²) >= 11 is 0. The van der Waals surface area contributed by atoms with Gasteiger partial charge in [0.1, 0.15) is 6.54 Å². The van der Waals surface area contributed by atoms with Gasteiger partial charge in [-0.15, -0.1) is 0 Å². The van der Waals surface area contributed by atoms with Gasteiger partial charge in [-0.1, -0.05) is 30.3 Å². The normalized spacial score (nSPS) is 19.8. The molecule has 1 fully saturated rings. The fraction of sp³-hybridized carbons (Fsp3) is 0.500. The molecule has 6 nitrogen and oxygen atoms in total.